The van der Waals surface area contributed by atoms with Gasteiger partial charge in [0.2, 0.25) is 0 Å². The number of nitrogens with one attached hydrogen (secondary N) is 2. The highest BCUT2D eigenvalue weighted by Crippen LogP contribution is 2.47. The van der Waals surface area contributed by atoms with Crippen molar-refractivity contribution in [3.63, 3.8) is 0 Å². The van der Waals surface area contributed by atoms with Gasteiger partial charge in [-0.1, -0.05) is 23.2 Å². The molecule has 4 rings (SSSR count). The van der Waals surface area contributed by atoms with Crippen LogP contribution >= 0.6 is 23.2 Å². The molecule has 0 saturated heterocycles. The first kappa shape index (κ1) is 25.6. The van der Waals surface area contributed by atoms with Crippen LogP contribution in [0, 0.1) is 25.7 Å². The molecule has 1 atom stereocenters. The van der Waals surface area contributed by atoms with Crippen molar-refractivity contribution in [3.05, 3.63) is 54.9 Å². The number of amides is 1. The average Bonchev–Trinajstić information content (AvgIpc) is 2.80. The van der Waals surface area contributed by atoms with E-state index in [0.717, 1.165) is 36.9 Å². The van der Waals surface area contributed by atoms with Gasteiger partial charge in [0, 0.05) is 23.7 Å². The second kappa shape index (κ2) is 10.6. The molecular weight excluding hydrogens is 489 g/mol. The smallest absolute Gasteiger partial charge is 0.253 e. The standard InChI is InChI=1S/C26H31Cl2N3O4/c1-14-9-15(2)30-26(33)19(14)11-29-25(32)18-10-20(27)23-24(22(18)28)35-21(13-34-23)17-7-5-16(6-8-17)12-31(3)4/h9-10,12,16-17,21H,5-8,11,13H2,1-4H3,(H-,29,30,32,33)/p+1/t16?,17?,21-/m1/s1. The first-order chi connectivity index (χ1) is 16.6. The Bertz CT molecular complexity index is 1210. The quantitative estimate of drug-likeness (QED) is 0.448. The minimum Gasteiger partial charge on any atom is -0.484 e. The van der Waals surface area contributed by atoms with Gasteiger partial charge in [-0.25, -0.2) is 4.58 Å². The summed E-state index contributed by atoms with van der Waals surface area (Å²) in [5, 5.41) is 3.21. The zero-order valence-corrected chi connectivity index (χ0v) is 22.1. The van der Waals surface area contributed by atoms with Crippen LogP contribution in [0.25, 0.3) is 0 Å². The summed E-state index contributed by atoms with van der Waals surface area (Å²) in [5.41, 5.74) is 2.02. The molecule has 1 fully saturated rings. The maximum absolute atomic E-state index is 13.0. The van der Waals surface area contributed by atoms with Crippen molar-refractivity contribution in [2.24, 2.45) is 11.8 Å². The molecule has 1 aromatic heterocycles. The van der Waals surface area contributed by atoms with Gasteiger partial charge >= 0.3 is 0 Å². The van der Waals surface area contributed by atoms with Crippen molar-refractivity contribution in [2.75, 3.05) is 20.7 Å². The molecule has 188 valence electrons. The summed E-state index contributed by atoms with van der Waals surface area (Å²) >= 11 is 13.1. The molecule has 0 bridgehead atoms. The fraction of sp³-hybridized carbons (Fsp3) is 0.500. The lowest BCUT2D eigenvalue weighted by molar-refractivity contribution is -0.462. The third-order valence-corrected chi connectivity index (χ3v) is 7.46. The number of carbonyl (C=O) groups is 1. The van der Waals surface area contributed by atoms with Gasteiger partial charge < -0.3 is 19.8 Å². The summed E-state index contributed by atoms with van der Waals surface area (Å²) in [7, 11) is 4.11. The lowest BCUT2D eigenvalue weighted by Gasteiger charge is -2.36. The Morgan fingerprint density at radius 3 is 2.54 bits per heavy atom. The number of ether oxygens (including phenoxy) is 2. The zero-order valence-electron chi connectivity index (χ0n) is 20.5. The van der Waals surface area contributed by atoms with Crippen LogP contribution in [0.5, 0.6) is 11.5 Å². The molecule has 1 saturated carbocycles. The van der Waals surface area contributed by atoms with Gasteiger partial charge in [0.15, 0.2) is 11.5 Å². The largest absolute Gasteiger partial charge is 0.484 e. The highest BCUT2D eigenvalue weighted by atomic mass is 35.5. The van der Waals surface area contributed by atoms with E-state index >= 15 is 0 Å². The molecular formula is C26H32Cl2N3O4+. The minimum absolute atomic E-state index is 0.0680. The number of H-pyrrole nitrogens is 1. The zero-order chi connectivity index (χ0) is 25.3. The molecule has 1 aliphatic carbocycles. The number of pyridine rings is 1. The van der Waals surface area contributed by atoms with Crippen LogP contribution in [0.4, 0.5) is 0 Å². The van der Waals surface area contributed by atoms with E-state index in [4.69, 9.17) is 32.7 Å². The van der Waals surface area contributed by atoms with Crippen LogP contribution in [0.15, 0.2) is 16.9 Å². The third kappa shape index (κ3) is 5.67. The first-order valence-electron chi connectivity index (χ1n) is 11.9. The van der Waals surface area contributed by atoms with Crippen molar-refractivity contribution in [2.45, 2.75) is 52.2 Å². The minimum atomic E-state index is -0.440. The summed E-state index contributed by atoms with van der Waals surface area (Å²) < 4.78 is 14.4. The van der Waals surface area contributed by atoms with Crippen molar-refractivity contribution in [1.82, 2.24) is 10.3 Å². The van der Waals surface area contributed by atoms with Crippen LogP contribution in [-0.2, 0) is 6.54 Å². The molecule has 0 unspecified atom stereocenters. The number of aromatic nitrogens is 1. The Kier molecular flexibility index (Phi) is 7.77. The van der Waals surface area contributed by atoms with Crippen molar-refractivity contribution in [3.8, 4) is 11.5 Å². The van der Waals surface area contributed by atoms with Crippen LogP contribution < -0.4 is 20.3 Å². The van der Waals surface area contributed by atoms with E-state index in [1.54, 1.807) is 0 Å². The summed E-state index contributed by atoms with van der Waals surface area (Å²) in [6.45, 7) is 4.12. The molecule has 1 aromatic carbocycles. The summed E-state index contributed by atoms with van der Waals surface area (Å²) in [5.74, 6) is 1.16. The molecule has 1 aliphatic heterocycles. The van der Waals surface area contributed by atoms with E-state index in [2.05, 4.69) is 35.2 Å². The molecule has 7 nitrogen and oxygen atoms in total. The predicted molar refractivity (Wildman–Crippen MR) is 138 cm³/mol. The number of benzene rings is 1. The number of carbonyl (C=O) groups excluding carboxylic acids is 1. The normalized spacial score (nSPS) is 21.4. The summed E-state index contributed by atoms with van der Waals surface area (Å²) in [6.07, 6.45) is 6.40. The van der Waals surface area contributed by atoms with Gasteiger partial charge in [0.1, 0.15) is 33.0 Å². The Morgan fingerprint density at radius 2 is 1.89 bits per heavy atom. The van der Waals surface area contributed by atoms with Gasteiger partial charge in [-0.15, -0.1) is 0 Å². The van der Waals surface area contributed by atoms with E-state index in [9.17, 15) is 9.59 Å². The van der Waals surface area contributed by atoms with Crippen molar-refractivity contribution < 1.29 is 18.8 Å². The lowest BCUT2D eigenvalue weighted by Crippen LogP contribution is -2.38. The molecule has 0 radical (unpaired) electrons. The number of fused-ring (bicyclic) bond motifs is 1. The van der Waals surface area contributed by atoms with Gasteiger partial charge in [-0.3, -0.25) is 9.59 Å². The van der Waals surface area contributed by atoms with Crippen LogP contribution in [0.1, 0.15) is 52.9 Å². The SMILES string of the molecule is Cc1cc(C)c(CNC(=O)c2cc(Cl)c3c(c2Cl)O[C@@H](C2CCC(C=[N+](C)C)CC2)CO3)c(=O)[nH]1. The van der Waals surface area contributed by atoms with E-state index in [-0.39, 0.29) is 33.8 Å². The van der Waals surface area contributed by atoms with Crippen LogP contribution in [0.3, 0.4) is 0 Å². The fourth-order valence-electron chi connectivity index (χ4n) is 5.03. The monoisotopic (exact) mass is 520 g/mol. The summed E-state index contributed by atoms with van der Waals surface area (Å²) in [4.78, 5) is 28.0. The van der Waals surface area contributed by atoms with Crippen molar-refractivity contribution in [1.29, 1.82) is 0 Å². The topological polar surface area (TPSA) is 83.4 Å². The van der Waals surface area contributed by atoms with Gasteiger partial charge in [-0.2, -0.15) is 0 Å². The molecule has 2 heterocycles. The number of hydrogen-bond donors (Lipinski definition) is 2. The molecule has 35 heavy (non-hydrogen) atoms. The van der Waals surface area contributed by atoms with Crippen LogP contribution in [-0.4, -0.2) is 48.5 Å². The second-order valence-corrected chi connectivity index (χ2v) is 10.5. The Hall–Kier alpha value is -2.51. The average molecular weight is 521 g/mol. The predicted octanol–water partition coefficient (Wildman–Crippen LogP) is 4.52. The van der Waals surface area contributed by atoms with E-state index in [0.29, 0.717) is 35.5 Å². The number of nitrogens with zero attached hydrogens (tertiary/aromatic N) is 1. The van der Waals surface area contributed by atoms with E-state index in [1.165, 1.54) is 6.07 Å². The second-order valence-electron chi connectivity index (χ2n) is 9.76. The highest BCUT2D eigenvalue weighted by Gasteiger charge is 2.35. The van der Waals surface area contributed by atoms with Crippen molar-refractivity contribution >= 4 is 35.3 Å². The Morgan fingerprint density at radius 1 is 1.17 bits per heavy atom. The molecule has 1 amide bonds. The maximum atomic E-state index is 13.0. The molecule has 0 spiro atoms. The number of rotatable bonds is 5. The summed E-state index contributed by atoms with van der Waals surface area (Å²) in [6, 6.07) is 3.35. The number of aryl methyl sites for hydroxylation is 2. The molecule has 9 heteroatoms. The molecule has 2 N–H and O–H groups in total. The number of hydrogen-bond acceptors (Lipinski definition) is 4. The van der Waals surface area contributed by atoms with Crippen LogP contribution in [0.2, 0.25) is 10.0 Å². The maximum Gasteiger partial charge on any atom is 0.253 e. The lowest BCUT2D eigenvalue weighted by atomic mass is 9.79. The highest BCUT2D eigenvalue weighted by molar-refractivity contribution is 6.38. The van der Waals surface area contributed by atoms with Gasteiger partial charge in [0.25, 0.3) is 11.5 Å². The van der Waals surface area contributed by atoms with E-state index in [1.807, 2.05) is 19.9 Å². The first-order valence-corrected chi connectivity index (χ1v) is 12.7. The molecule has 2 aliphatic rings. The Labute approximate surface area is 215 Å². The fourth-order valence-corrected chi connectivity index (χ4v) is 5.55. The molecule has 2 aromatic rings. The number of aromatic amines is 1. The number of halogens is 2. The van der Waals surface area contributed by atoms with E-state index < -0.39 is 5.91 Å². The third-order valence-electron chi connectivity index (χ3n) is 6.81. The Balaban J connectivity index is 1.49. The van der Waals surface area contributed by atoms with Gasteiger partial charge in [0.05, 0.1) is 15.6 Å². The van der Waals surface area contributed by atoms with Gasteiger partial charge in [-0.05, 0) is 63.1 Å².